The van der Waals surface area contributed by atoms with Crippen molar-refractivity contribution in [2.45, 2.75) is 37.9 Å². The molecule has 0 bridgehead atoms. The number of halogens is 1. The minimum absolute atomic E-state index is 0.000694. The monoisotopic (exact) mass is 248 g/mol. The van der Waals surface area contributed by atoms with Gasteiger partial charge in [0.05, 0.1) is 6.10 Å². The molecule has 1 N–H and O–H groups in total. The molecule has 0 saturated heterocycles. The molecule has 18 heavy (non-hydrogen) atoms. The summed E-state index contributed by atoms with van der Waals surface area (Å²) < 4.78 is 19.1. The molecule has 0 spiro atoms. The summed E-state index contributed by atoms with van der Waals surface area (Å²) in [6.07, 6.45) is 7.56. The van der Waals surface area contributed by atoms with Crippen LogP contribution in [0.4, 0.5) is 4.39 Å². The van der Waals surface area contributed by atoms with Crippen LogP contribution < -0.4 is 4.74 Å². The van der Waals surface area contributed by atoms with Gasteiger partial charge in [-0.15, -0.1) is 0 Å². The predicted molar refractivity (Wildman–Crippen MR) is 66.9 cm³/mol. The van der Waals surface area contributed by atoms with Gasteiger partial charge in [0.25, 0.3) is 0 Å². The smallest absolute Gasteiger partial charge is 0.128 e. The van der Waals surface area contributed by atoms with Crippen LogP contribution in [0, 0.1) is 11.7 Å². The van der Waals surface area contributed by atoms with E-state index in [0.717, 1.165) is 19.3 Å². The number of benzene rings is 1. The fourth-order valence-electron chi connectivity index (χ4n) is 2.89. The highest BCUT2D eigenvalue weighted by atomic mass is 19.1. The molecular weight excluding hydrogens is 231 g/mol. The minimum Gasteiger partial charge on any atom is -0.490 e. The Balaban J connectivity index is 1.83. The maximum atomic E-state index is 13.2. The first kappa shape index (κ1) is 11.7. The lowest BCUT2D eigenvalue weighted by Crippen LogP contribution is -2.33. The highest BCUT2D eigenvalue weighted by Gasteiger charge is 2.32. The molecule has 0 radical (unpaired) electrons. The molecule has 0 aromatic heterocycles. The summed E-state index contributed by atoms with van der Waals surface area (Å²) >= 11 is 0. The maximum absolute atomic E-state index is 13.2. The van der Waals surface area contributed by atoms with Crippen molar-refractivity contribution in [2.24, 2.45) is 5.92 Å². The lowest BCUT2D eigenvalue weighted by molar-refractivity contribution is 0.0311. The van der Waals surface area contributed by atoms with Crippen molar-refractivity contribution in [1.29, 1.82) is 0 Å². The maximum Gasteiger partial charge on any atom is 0.128 e. The molecule has 3 rings (SSSR count). The average molecular weight is 248 g/mol. The van der Waals surface area contributed by atoms with Crippen LogP contribution in [0.2, 0.25) is 0 Å². The third-order valence-electron chi connectivity index (χ3n) is 3.90. The number of fused-ring (bicyclic) bond motifs is 1. The number of aliphatic hydroxyl groups is 1. The van der Waals surface area contributed by atoms with Crippen LogP contribution in [0.15, 0.2) is 30.4 Å². The summed E-state index contributed by atoms with van der Waals surface area (Å²) in [6.45, 7) is 0. The lowest BCUT2D eigenvalue weighted by atomic mass is 9.84. The first-order valence-electron chi connectivity index (χ1n) is 6.53. The van der Waals surface area contributed by atoms with Crippen molar-refractivity contribution >= 4 is 0 Å². The molecule has 0 fully saturated rings. The van der Waals surface area contributed by atoms with Crippen LogP contribution in [-0.4, -0.2) is 11.2 Å². The summed E-state index contributed by atoms with van der Waals surface area (Å²) in [4.78, 5) is 0. The summed E-state index contributed by atoms with van der Waals surface area (Å²) in [5, 5.41) is 10.1. The molecule has 0 amide bonds. The highest BCUT2D eigenvalue weighted by Crippen LogP contribution is 2.39. The predicted octanol–water partition coefficient (Wildman–Crippen LogP) is 3.37. The molecule has 2 nitrogen and oxygen atoms in total. The van der Waals surface area contributed by atoms with Gasteiger partial charge in [-0.3, -0.25) is 0 Å². The number of rotatable bonds is 1. The zero-order valence-electron chi connectivity index (χ0n) is 10.2. The minimum atomic E-state index is -0.537. The Kier molecular flexibility index (Phi) is 3.08. The summed E-state index contributed by atoms with van der Waals surface area (Å²) in [7, 11) is 0. The summed E-state index contributed by atoms with van der Waals surface area (Å²) in [5.41, 5.74) is 0.707. The zero-order valence-corrected chi connectivity index (χ0v) is 10.2. The van der Waals surface area contributed by atoms with E-state index in [1.54, 1.807) is 6.07 Å². The molecule has 3 unspecified atom stereocenters. The largest absolute Gasteiger partial charge is 0.490 e. The molecule has 1 aromatic carbocycles. The van der Waals surface area contributed by atoms with E-state index in [1.807, 2.05) is 0 Å². The van der Waals surface area contributed by atoms with Crippen LogP contribution in [0.1, 0.15) is 37.4 Å². The van der Waals surface area contributed by atoms with Gasteiger partial charge >= 0.3 is 0 Å². The average Bonchev–Trinajstić information content (AvgIpc) is 2.39. The van der Waals surface area contributed by atoms with Gasteiger partial charge in [0.1, 0.15) is 17.7 Å². The Morgan fingerprint density at radius 2 is 2.17 bits per heavy atom. The van der Waals surface area contributed by atoms with Gasteiger partial charge in [-0.2, -0.15) is 0 Å². The van der Waals surface area contributed by atoms with Crippen molar-refractivity contribution in [3.63, 3.8) is 0 Å². The zero-order chi connectivity index (χ0) is 12.5. The second-order valence-electron chi connectivity index (χ2n) is 5.13. The van der Waals surface area contributed by atoms with Crippen molar-refractivity contribution in [2.75, 3.05) is 0 Å². The Morgan fingerprint density at radius 3 is 2.94 bits per heavy atom. The Morgan fingerprint density at radius 1 is 1.28 bits per heavy atom. The first-order chi connectivity index (χ1) is 8.74. The number of ether oxygens (including phenoxy) is 1. The molecule has 3 atom stereocenters. The fraction of sp³-hybridized carbons (Fsp3) is 0.467. The van der Waals surface area contributed by atoms with Gasteiger partial charge in [-0.25, -0.2) is 4.39 Å². The molecule has 1 aliphatic heterocycles. The second-order valence-corrected chi connectivity index (χ2v) is 5.13. The van der Waals surface area contributed by atoms with Crippen LogP contribution in [-0.2, 0) is 0 Å². The van der Waals surface area contributed by atoms with Crippen LogP contribution in [0.3, 0.4) is 0 Å². The van der Waals surface area contributed by atoms with E-state index in [0.29, 0.717) is 23.7 Å². The Hall–Kier alpha value is -1.35. The van der Waals surface area contributed by atoms with Gasteiger partial charge < -0.3 is 9.84 Å². The van der Waals surface area contributed by atoms with E-state index in [2.05, 4.69) is 12.2 Å². The molecular formula is C15H17FO2. The SMILES string of the molecule is OC1CC(C2CC=CCC2)Oc2cc(F)ccc21. The fourth-order valence-corrected chi connectivity index (χ4v) is 2.89. The molecule has 2 aliphatic rings. The molecule has 3 heteroatoms. The van der Waals surface area contributed by atoms with E-state index >= 15 is 0 Å². The standard InChI is InChI=1S/C15H17FO2/c16-11-6-7-12-13(17)9-14(18-15(12)8-11)10-4-2-1-3-5-10/h1-2,6-8,10,13-14,17H,3-5,9H2. The molecule has 0 saturated carbocycles. The van der Waals surface area contributed by atoms with E-state index in [1.165, 1.54) is 12.1 Å². The van der Waals surface area contributed by atoms with E-state index < -0.39 is 6.10 Å². The van der Waals surface area contributed by atoms with Crippen LogP contribution in [0.25, 0.3) is 0 Å². The second kappa shape index (κ2) is 4.73. The van der Waals surface area contributed by atoms with Gasteiger partial charge in [0.15, 0.2) is 0 Å². The third kappa shape index (κ3) is 2.15. The normalized spacial score (nSPS) is 30.7. The van der Waals surface area contributed by atoms with Crippen molar-refractivity contribution < 1.29 is 14.2 Å². The topological polar surface area (TPSA) is 29.5 Å². The van der Waals surface area contributed by atoms with Crippen molar-refractivity contribution in [3.8, 4) is 5.75 Å². The lowest BCUT2D eigenvalue weighted by Gasteiger charge is -2.35. The van der Waals surface area contributed by atoms with Crippen molar-refractivity contribution in [1.82, 2.24) is 0 Å². The van der Waals surface area contributed by atoms with E-state index in [4.69, 9.17) is 4.74 Å². The number of allylic oxidation sites excluding steroid dienone is 2. The van der Waals surface area contributed by atoms with E-state index in [9.17, 15) is 9.50 Å². The first-order valence-corrected chi connectivity index (χ1v) is 6.53. The Bertz CT molecular complexity index is 470. The quantitative estimate of drug-likeness (QED) is 0.772. The summed E-state index contributed by atoms with van der Waals surface area (Å²) in [6, 6.07) is 4.37. The molecule has 96 valence electrons. The van der Waals surface area contributed by atoms with Gasteiger partial charge in [0.2, 0.25) is 0 Å². The highest BCUT2D eigenvalue weighted by molar-refractivity contribution is 5.37. The Labute approximate surface area is 106 Å². The number of hydrogen-bond acceptors (Lipinski definition) is 2. The van der Waals surface area contributed by atoms with Crippen LogP contribution >= 0.6 is 0 Å². The third-order valence-corrected chi connectivity index (χ3v) is 3.90. The molecule has 1 aromatic rings. The number of aliphatic hydroxyl groups excluding tert-OH is 1. The molecule has 1 heterocycles. The van der Waals surface area contributed by atoms with Gasteiger partial charge in [-0.05, 0) is 37.3 Å². The van der Waals surface area contributed by atoms with Crippen LogP contribution in [0.5, 0.6) is 5.75 Å². The molecule has 1 aliphatic carbocycles. The van der Waals surface area contributed by atoms with Gasteiger partial charge in [0, 0.05) is 18.1 Å². The van der Waals surface area contributed by atoms with E-state index in [-0.39, 0.29) is 11.9 Å². The number of hydrogen-bond donors (Lipinski definition) is 1. The van der Waals surface area contributed by atoms with Gasteiger partial charge in [-0.1, -0.05) is 12.2 Å². The van der Waals surface area contributed by atoms with Crippen molar-refractivity contribution in [3.05, 3.63) is 41.7 Å². The summed E-state index contributed by atoms with van der Waals surface area (Å²) in [5.74, 6) is 0.625.